The molecule has 1 atom stereocenters. The fourth-order valence-electron chi connectivity index (χ4n) is 2.10. The average Bonchev–Trinajstić information content (AvgIpc) is 2.47. The molecule has 0 radical (unpaired) electrons. The highest BCUT2D eigenvalue weighted by molar-refractivity contribution is 7.90. The smallest absolute Gasteiger partial charge is 0.175 e. The highest BCUT2D eigenvalue weighted by Gasteiger charge is 2.13. The predicted molar refractivity (Wildman–Crippen MR) is 84.2 cm³/mol. The molecule has 2 rings (SSSR count). The minimum Gasteiger partial charge on any atom is -0.387 e. The molecule has 0 aliphatic heterocycles. The van der Waals surface area contributed by atoms with Gasteiger partial charge in [-0.2, -0.15) is 0 Å². The van der Waals surface area contributed by atoms with Crippen LogP contribution in [0.1, 0.15) is 11.7 Å². The quantitative estimate of drug-likeness (QED) is 0.918. The minimum atomic E-state index is -3.24. The van der Waals surface area contributed by atoms with Gasteiger partial charge in [0.05, 0.1) is 11.0 Å². The summed E-state index contributed by atoms with van der Waals surface area (Å²) in [6.07, 6.45) is 0.365. The summed E-state index contributed by atoms with van der Waals surface area (Å²) in [5.41, 5.74) is 1.41. The first-order valence-corrected chi connectivity index (χ1v) is 8.61. The average molecular weight is 323 g/mol. The summed E-state index contributed by atoms with van der Waals surface area (Å²) in [5, 5.41) is 10.2. The predicted octanol–water partition coefficient (Wildman–Crippen LogP) is 2.40. The summed E-state index contributed by atoms with van der Waals surface area (Å²) in [5.74, 6) is -0.311. The molecule has 0 spiro atoms. The van der Waals surface area contributed by atoms with Crippen molar-refractivity contribution < 1.29 is 17.9 Å². The number of likely N-dealkylation sites (N-methyl/N-ethyl adjacent to an activating group) is 1. The van der Waals surface area contributed by atoms with Gasteiger partial charge in [-0.15, -0.1) is 0 Å². The molecule has 2 aromatic rings. The van der Waals surface area contributed by atoms with Gasteiger partial charge in [0.2, 0.25) is 0 Å². The largest absolute Gasteiger partial charge is 0.387 e. The Morgan fingerprint density at radius 3 is 2.14 bits per heavy atom. The molecule has 6 heteroatoms. The normalized spacial score (nSPS) is 12.9. The lowest BCUT2D eigenvalue weighted by molar-refractivity contribution is 0.185. The van der Waals surface area contributed by atoms with E-state index in [2.05, 4.69) is 0 Å². The van der Waals surface area contributed by atoms with Crippen molar-refractivity contribution >= 4 is 15.5 Å². The number of aliphatic hydroxyl groups is 1. The van der Waals surface area contributed by atoms with E-state index in [-0.39, 0.29) is 10.7 Å². The van der Waals surface area contributed by atoms with Crippen LogP contribution in [-0.2, 0) is 9.84 Å². The SMILES string of the molecule is CN(CC(O)c1ccc(S(C)(=O)=O)cc1)c1ccc(F)cc1. The van der Waals surface area contributed by atoms with E-state index >= 15 is 0 Å². The van der Waals surface area contributed by atoms with Gasteiger partial charge >= 0.3 is 0 Å². The van der Waals surface area contributed by atoms with Crippen molar-refractivity contribution in [2.24, 2.45) is 0 Å². The van der Waals surface area contributed by atoms with E-state index in [4.69, 9.17) is 0 Å². The summed E-state index contributed by atoms with van der Waals surface area (Å²) in [6, 6.07) is 12.1. The van der Waals surface area contributed by atoms with Crippen molar-refractivity contribution in [2.45, 2.75) is 11.0 Å². The van der Waals surface area contributed by atoms with E-state index in [9.17, 15) is 17.9 Å². The number of rotatable bonds is 5. The number of anilines is 1. The van der Waals surface area contributed by atoms with Crippen LogP contribution in [0.25, 0.3) is 0 Å². The minimum absolute atomic E-state index is 0.218. The Balaban J connectivity index is 2.08. The molecule has 4 nitrogen and oxygen atoms in total. The topological polar surface area (TPSA) is 57.6 Å². The number of hydrogen-bond acceptors (Lipinski definition) is 4. The van der Waals surface area contributed by atoms with E-state index in [1.54, 1.807) is 36.2 Å². The molecule has 0 aliphatic carbocycles. The standard InChI is InChI=1S/C16H18FNO3S/c1-18(14-7-5-13(17)6-8-14)11-16(19)12-3-9-15(10-4-12)22(2,20)21/h3-10,16,19H,11H2,1-2H3. The highest BCUT2D eigenvalue weighted by Crippen LogP contribution is 2.20. The highest BCUT2D eigenvalue weighted by atomic mass is 32.2. The summed E-state index contributed by atoms with van der Waals surface area (Å²) in [6.45, 7) is 0.309. The summed E-state index contributed by atoms with van der Waals surface area (Å²) in [4.78, 5) is 2.02. The molecule has 1 unspecified atom stereocenters. The number of halogens is 1. The number of nitrogens with zero attached hydrogens (tertiary/aromatic N) is 1. The van der Waals surface area contributed by atoms with Gasteiger partial charge < -0.3 is 10.0 Å². The van der Waals surface area contributed by atoms with E-state index in [0.29, 0.717) is 12.1 Å². The Morgan fingerprint density at radius 2 is 1.64 bits per heavy atom. The van der Waals surface area contributed by atoms with E-state index in [0.717, 1.165) is 11.9 Å². The van der Waals surface area contributed by atoms with Crippen LogP contribution in [-0.4, -0.2) is 33.4 Å². The van der Waals surface area contributed by atoms with Gasteiger partial charge in [-0.25, -0.2) is 12.8 Å². The summed E-state index contributed by atoms with van der Waals surface area (Å²) in [7, 11) is -1.45. The van der Waals surface area contributed by atoms with Crippen LogP contribution < -0.4 is 4.90 Å². The Bertz CT molecular complexity index is 727. The second-order valence-corrected chi connectivity index (χ2v) is 7.23. The molecular formula is C16H18FNO3S. The summed E-state index contributed by atoms with van der Waals surface area (Å²) < 4.78 is 35.7. The Labute approximate surface area is 129 Å². The van der Waals surface area contributed by atoms with Crippen molar-refractivity contribution in [1.29, 1.82) is 0 Å². The number of aliphatic hydroxyl groups excluding tert-OH is 1. The number of benzene rings is 2. The molecule has 0 amide bonds. The first kappa shape index (κ1) is 16.5. The van der Waals surface area contributed by atoms with Crippen molar-refractivity contribution in [2.75, 3.05) is 24.7 Å². The van der Waals surface area contributed by atoms with Gasteiger partial charge in [0.25, 0.3) is 0 Å². The van der Waals surface area contributed by atoms with Gasteiger partial charge in [-0.1, -0.05) is 12.1 Å². The zero-order chi connectivity index (χ0) is 16.3. The Morgan fingerprint density at radius 1 is 1.09 bits per heavy atom. The second kappa shape index (κ2) is 6.46. The maximum absolute atomic E-state index is 12.9. The fraction of sp³-hybridized carbons (Fsp3) is 0.250. The lowest BCUT2D eigenvalue weighted by atomic mass is 10.1. The van der Waals surface area contributed by atoms with Crippen molar-refractivity contribution in [1.82, 2.24) is 0 Å². The van der Waals surface area contributed by atoms with Crippen molar-refractivity contribution in [3.8, 4) is 0 Å². The molecule has 0 fully saturated rings. The van der Waals surface area contributed by atoms with Gasteiger partial charge in [-0.3, -0.25) is 0 Å². The maximum Gasteiger partial charge on any atom is 0.175 e. The molecule has 0 heterocycles. The Hall–Kier alpha value is -1.92. The molecule has 1 N–H and O–H groups in total. The van der Waals surface area contributed by atoms with Crippen LogP contribution in [0.2, 0.25) is 0 Å². The molecule has 118 valence electrons. The molecule has 0 bridgehead atoms. The monoisotopic (exact) mass is 323 g/mol. The van der Waals surface area contributed by atoms with Crippen LogP contribution in [0.3, 0.4) is 0 Å². The zero-order valence-corrected chi connectivity index (χ0v) is 13.2. The third kappa shape index (κ3) is 4.05. The second-order valence-electron chi connectivity index (χ2n) is 5.21. The van der Waals surface area contributed by atoms with Crippen LogP contribution in [0.15, 0.2) is 53.4 Å². The van der Waals surface area contributed by atoms with Gasteiger partial charge in [0, 0.05) is 25.5 Å². The van der Waals surface area contributed by atoms with Crippen LogP contribution in [0, 0.1) is 5.82 Å². The third-order valence-electron chi connectivity index (χ3n) is 3.41. The molecule has 0 aromatic heterocycles. The van der Waals surface area contributed by atoms with Crippen molar-refractivity contribution in [3.63, 3.8) is 0 Å². The first-order chi connectivity index (χ1) is 10.3. The zero-order valence-electron chi connectivity index (χ0n) is 12.4. The molecule has 22 heavy (non-hydrogen) atoms. The van der Waals surface area contributed by atoms with Gasteiger partial charge in [0.15, 0.2) is 9.84 Å². The molecule has 0 saturated carbocycles. The molecular weight excluding hydrogens is 305 g/mol. The van der Waals surface area contributed by atoms with Crippen LogP contribution in [0.5, 0.6) is 0 Å². The molecule has 2 aromatic carbocycles. The number of sulfone groups is 1. The van der Waals surface area contributed by atoms with E-state index < -0.39 is 15.9 Å². The summed E-state index contributed by atoms with van der Waals surface area (Å²) >= 11 is 0. The third-order valence-corrected chi connectivity index (χ3v) is 4.54. The first-order valence-electron chi connectivity index (χ1n) is 6.72. The maximum atomic E-state index is 12.9. The molecule has 0 aliphatic rings. The lowest BCUT2D eigenvalue weighted by Crippen LogP contribution is -2.24. The lowest BCUT2D eigenvalue weighted by Gasteiger charge is -2.23. The Kier molecular flexibility index (Phi) is 4.83. The van der Waals surface area contributed by atoms with E-state index in [1.807, 2.05) is 0 Å². The number of hydrogen-bond donors (Lipinski definition) is 1. The van der Waals surface area contributed by atoms with Crippen molar-refractivity contribution in [3.05, 3.63) is 59.9 Å². The van der Waals surface area contributed by atoms with Crippen LogP contribution in [0.4, 0.5) is 10.1 Å². The van der Waals surface area contributed by atoms with Crippen LogP contribution >= 0.6 is 0 Å². The fourth-order valence-corrected chi connectivity index (χ4v) is 2.73. The molecule has 0 saturated heterocycles. The van der Waals surface area contributed by atoms with Gasteiger partial charge in [-0.05, 0) is 42.0 Å². The van der Waals surface area contributed by atoms with Gasteiger partial charge in [0.1, 0.15) is 5.82 Å². The van der Waals surface area contributed by atoms with E-state index in [1.165, 1.54) is 24.3 Å².